The fraction of sp³-hybridized carbons (Fsp3) is 0.222. The quantitative estimate of drug-likeness (QED) is 0.671. The van der Waals surface area contributed by atoms with Crippen LogP contribution in [0.1, 0.15) is 11.1 Å². The highest BCUT2D eigenvalue weighted by Crippen LogP contribution is 2.25. The Hall–Kier alpha value is -2.47. The van der Waals surface area contributed by atoms with Crippen molar-refractivity contribution in [2.75, 3.05) is 0 Å². The largest absolute Gasteiger partial charge is 0.423 e. The molecular weight excluding hydrogens is 355 g/mol. The van der Waals surface area contributed by atoms with Gasteiger partial charge in [-0.05, 0) is 24.0 Å². The molecule has 8 heteroatoms. The summed E-state index contributed by atoms with van der Waals surface area (Å²) < 4.78 is 21.0. The second-order valence-corrected chi connectivity index (χ2v) is 6.59. The summed E-state index contributed by atoms with van der Waals surface area (Å²) in [5.41, 5.74) is 13.1. The monoisotopic (exact) mass is 376 g/mol. The van der Waals surface area contributed by atoms with E-state index < -0.39 is 32.3 Å². The summed E-state index contributed by atoms with van der Waals surface area (Å²) in [7, 11) is -3.37. The molecule has 0 amide bonds. The zero-order valence-corrected chi connectivity index (χ0v) is 15.0. The third kappa shape index (κ3) is 6.44. The molecule has 0 spiro atoms. The van der Waals surface area contributed by atoms with Crippen LogP contribution < -0.4 is 11.5 Å². The second-order valence-electron chi connectivity index (χ2n) is 5.68. The van der Waals surface area contributed by atoms with Crippen molar-refractivity contribution in [3.63, 3.8) is 0 Å². The maximum atomic E-state index is 11.9. The average molecular weight is 376 g/mol. The predicted octanol–water partition coefficient (Wildman–Crippen LogP) is 1.60. The maximum Gasteiger partial charge on any atom is 0.423 e. The van der Waals surface area contributed by atoms with Crippen LogP contribution in [0.15, 0.2) is 60.7 Å². The number of hydrogen-bond acceptors (Lipinski definition) is 7. The van der Waals surface area contributed by atoms with E-state index in [0.717, 1.165) is 11.1 Å². The molecule has 2 atom stereocenters. The van der Waals surface area contributed by atoms with Crippen molar-refractivity contribution in [3.8, 4) is 0 Å². The van der Waals surface area contributed by atoms with Crippen LogP contribution in [0.25, 0.3) is 0 Å². The van der Waals surface area contributed by atoms with E-state index in [-0.39, 0.29) is 12.8 Å². The molecule has 0 aromatic heterocycles. The maximum absolute atomic E-state index is 11.9. The van der Waals surface area contributed by atoms with Gasteiger partial charge in [-0.25, -0.2) is 14.2 Å². The van der Waals surface area contributed by atoms with Crippen LogP contribution >= 0.6 is 8.25 Å². The third-order valence-corrected chi connectivity index (χ3v) is 4.31. The molecule has 0 unspecified atom stereocenters. The molecule has 26 heavy (non-hydrogen) atoms. The summed E-state index contributed by atoms with van der Waals surface area (Å²) in [6.07, 6.45) is 0.437. The van der Waals surface area contributed by atoms with Gasteiger partial charge in [-0.3, -0.25) is 0 Å². The molecule has 0 saturated heterocycles. The molecule has 0 aliphatic rings. The van der Waals surface area contributed by atoms with E-state index in [1.54, 1.807) is 24.3 Å². The summed E-state index contributed by atoms with van der Waals surface area (Å²) >= 11 is 0. The summed E-state index contributed by atoms with van der Waals surface area (Å²) in [5.74, 6) is -1.80. The van der Waals surface area contributed by atoms with Gasteiger partial charge in [0.1, 0.15) is 12.1 Å². The lowest BCUT2D eigenvalue weighted by molar-refractivity contribution is -0.139. The van der Waals surface area contributed by atoms with Crippen LogP contribution in [0.2, 0.25) is 0 Å². The molecule has 0 fully saturated rings. The van der Waals surface area contributed by atoms with Crippen molar-refractivity contribution in [2.24, 2.45) is 11.5 Å². The Bertz CT molecular complexity index is 691. The zero-order valence-electron chi connectivity index (χ0n) is 14.0. The van der Waals surface area contributed by atoms with Gasteiger partial charge in [-0.2, -0.15) is 0 Å². The Morgan fingerprint density at radius 1 is 0.769 bits per heavy atom. The molecule has 0 aliphatic carbocycles. The van der Waals surface area contributed by atoms with E-state index in [1.165, 1.54) is 0 Å². The van der Waals surface area contributed by atoms with Crippen molar-refractivity contribution in [1.82, 2.24) is 0 Å². The Kier molecular flexibility index (Phi) is 7.53. The van der Waals surface area contributed by atoms with E-state index in [1.807, 2.05) is 36.4 Å². The molecule has 0 saturated carbocycles. The van der Waals surface area contributed by atoms with Crippen LogP contribution in [0.4, 0.5) is 0 Å². The standard InChI is InChI=1S/C18H21N2O5P/c19-15(11-13-7-3-1-4-8-13)17(21)24-26(23)25-18(22)16(20)12-14-9-5-2-6-10-14/h1-10,15-16,26H,11-12,19-20H2/t15-,16-/m0/s1. The highest BCUT2D eigenvalue weighted by molar-refractivity contribution is 7.34. The van der Waals surface area contributed by atoms with Gasteiger partial charge in [0.25, 0.3) is 0 Å². The number of nitrogens with two attached hydrogens (primary N) is 2. The predicted molar refractivity (Wildman–Crippen MR) is 97.4 cm³/mol. The van der Waals surface area contributed by atoms with Crippen molar-refractivity contribution < 1.29 is 23.2 Å². The Balaban J connectivity index is 1.79. The molecule has 0 heterocycles. The molecule has 0 radical (unpaired) electrons. The summed E-state index contributed by atoms with van der Waals surface area (Å²) in [4.78, 5) is 23.7. The van der Waals surface area contributed by atoms with Crippen LogP contribution in [0.5, 0.6) is 0 Å². The SMILES string of the molecule is N[C@@H](Cc1ccccc1)C(=O)O[PH](=O)OC(=O)[C@@H](N)Cc1ccccc1. The molecule has 2 aromatic rings. The molecule has 0 aliphatic heterocycles. The van der Waals surface area contributed by atoms with Crippen LogP contribution in [-0.4, -0.2) is 24.0 Å². The third-order valence-electron chi connectivity index (χ3n) is 3.57. The number of hydrogen-bond donors (Lipinski definition) is 2. The second kappa shape index (κ2) is 9.87. The topological polar surface area (TPSA) is 122 Å². The van der Waals surface area contributed by atoms with Crippen molar-refractivity contribution >= 4 is 20.2 Å². The van der Waals surface area contributed by atoms with Crippen molar-refractivity contribution in [1.29, 1.82) is 0 Å². The van der Waals surface area contributed by atoms with Crippen LogP contribution in [0, 0.1) is 0 Å². The van der Waals surface area contributed by atoms with Crippen LogP contribution in [0.3, 0.4) is 0 Å². The van der Waals surface area contributed by atoms with Crippen molar-refractivity contribution in [3.05, 3.63) is 71.8 Å². The molecule has 4 N–H and O–H groups in total. The number of benzene rings is 2. The summed E-state index contributed by atoms with van der Waals surface area (Å²) in [6, 6.07) is 16.1. The minimum Gasteiger partial charge on any atom is -0.384 e. The van der Waals surface area contributed by atoms with Gasteiger partial charge in [-0.1, -0.05) is 60.7 Å². The molecule has 138 valence electrons. The normalized spacial score (nSPS) is 13.0. The average Bonchev–Trinajstić information content (AvgIpc) is 2.63. The van der Waals surface area contributed by atoms with E-state index in [9.17, 15) is 14.2 Å². The first-order valence-electron chi connectivity index (χ1n) is 8.02. The van der Waals surface area contributed by atoms with E-state index in [2.05, 4.69) is 9.05 Å². The fourth-order valence-electron chi connectivity index (χ4n) is 2.24. The number of carbonyl (C=O) groups excluding carboxylic acids is 2. The Morgan fingerprint density at radius 3 is 1.46 bits per heavy atom. The summed E-state index contributed by atoms with van der Waals surface area (Å²) in [6.45, 7) is 0. The van der Waals surface area contributed by atoms with Gasteiger partial charge < -0.3 is 20.5 Å². The smallest absolute Gasteiger partial charge is 0.384 e. The van der Waals surface area contributed by atoms with Gasteiger partial charge >= 0.3 is 20.2 Å². The summed E-state index contributed by atoms with van der Waals surface area (Å²) in [5, 5.41) is 0. The first-order valence-corrected chi connectivity index (χ1v) is 9.24. The lowest BCUT2D eigenvalue weighted by atomic mass is 10.1. The Morgan fingerprint density at radius 2 is 1.12 bits per heavy atom. The van der Waals surface area contributed by atoms with E-state index in [4.69, 9.17) is 11.5 Å². The minimum absolute atomic E-state index is 0.219. The van der Waals surface area contributed by atoms with Crippen molar-refractivity contribution in [2.45, 2.75) is 24.9 Å². The number of carbonyl (C=O) groups is 2. The van der Waals surface area contributed by atoms with Gasteiger partial charge in [0.2, 0.25) is 0 Å². The number of rotatable bonds is 8. The molecule has 2 rings (SSSR count). The lowest BCUT2D eigenvalue weighted by Crippen LogP contribution is -2.35. The zero-order chi connectivity index (χ0) is 18.9. The molecule has 7 nitrogen and oxygen atoms in total. The van der Waals surface area contributed by atoms with Crippen LogP contribution in [-0.2, 0) is 36.0 Å². The van der Waals surface area contributed by atoms with Gasteiger partial charge in [0.05, 0.1) is 0 Å². The van der Waals surface area contributed by atoms with Gasteiger partial charge in [0.15, 0.2) is 0 Å². The first-order chi connectivity index (χ1) is 12.5. The van der Waals surface area contributed by atoms with Gasteiger partial charge in [-0.15, -0.1) is 0 Å². The van der Waals surface area contributed by atoms with E-state index >= 15 is 0 Å². The first kappa shape index (κ1) is 19.8. The molecular formula is C18H21N2O5P. The van der Waals surface area contributed by atoms with Gasteiger partial charge in [0, 0.05) is 0 Å². The fourth-order valence-corrected chi connectivity index (χ4v) is 2.91. The Labute approximate surface area is 152 Å². The molecule has 2 aromatic carbocycles. The highest BCUT2D eigenvalue weighted by atomic mass is 31.1. The lowest BCUT2D eigenvalue weighted by Gasteiger charge is -2.13. The minimum atomic E-state index is -3.37. The van der Waals surface area contributed by atoms with E-state index in [0.29, 0.717) is 0 Å². The highest BCUT2D eigenvalue weighted by Gasteiger charge is 2.23. The molecule has 0 bridgehead atoms.